The SMILES string of the molecule is CCNC(=NCC1(O)CCSC1)NCCCn1ccc2ccccc21.I. The summed E-state index contributed by atoms with van der Waals surface area (Å²) >= 11 is 1.80. The number of thioether (sulfide) groups is 1. The molecule has 0 aliphatic carbocycles. The maximum Gasteiger partial charge on any atom is 0.191 e. The van der Waals surface area contributed by atoms with Crippen molar-refractivity contribution in [2.75, 3.05) is 31.1 Å². The highest BCUT2D eigenvalue weighted by Crippen LogP contribution is 2.27. The number of guanidine groups is 1. The van der Waals surface area contributed by atoms with Gasteiger partial charge in [-0.05, 0) is 43.0 Å². The van der Waals surface area contributed by atoms with Gasteiger partial charge < -0.3 is 20.3 Å². The summed E-state index contributed by atoms with van der Waals surface area (Å²) in [7, 11) is 0. The molecule has 0 amide bonds. The molecule has 7 heteroatoms. The summed E-state index contributed by atoms with van der Waals surface area (Å²) in [6, 6.07) is 10.6. The van der Waals surface area contributed by atoms with Gasteiger partial charge in [-0.15, -0.1) is 24.0 Å². The quantitative estimate of drug-likeness (QED) is 0.243. The number of hydrogen-bond acceptors (Lipinski definition) is 3. The third-order valence-corrected chi connectivity index (χ3v) is 5.74. The predicted octanol–water partition coefficient (Wildman–Crippen LogP) is 3.07. The minimum atomic E-state index is -0.628. The Hall–Kier alpha value is -0.930. The molecule has 1 aromatic carbocycles. The van der Waals surface area contributed by atoms with Crippen LogP contribution in [0.2, 0.25) is 0 Å². The number of aliphatic imine (C=N–C) groups is 1. The van der Waals surface area contributed by atoms with Crippen molar-refractivity contribution in [2.45, 2.75) is 31.9 Å². The summed E-state index contributed by atoms with van der Waals surface area (Å²) in [5, 5.41) is 18.3. The molecule has 3 rings (SSSR count). The molecule has 26 heavy (non-hydrogen) atoms. The van der Waals surface area contributed by atoms with E-state index in [1.807, 2.05) is 0 Å². The van der Waals surface area contributed by atoms with Gasteiger partial charge in [0.15, 0.2) is 5.96 Å². The number of rotatable bonds is 7. The van der Waals surface area contributed by atoms with Gasteiger partial charge in [-0.25, -0.2) is 0 Å². The first-order valence-corrected chi connectivity index (χ1v) is 10.2. The molecule has 1 aliphatic rings. The number of para-hydroxylation sites is 1. The molecule has 1 unspecified atom stereocenters. The van der Waals surface area contributed by atoms with Gasteiger partial charge in [0.1, 0.15) is 0 Å². The van der Waals surface area contributed by atoms with Crippen LogP contribution in [-0.4, -0.2) is 52.4 Å². The minimum absolute atomic E-state index is 0. The molecule has 1 aliphatic heterocycles. The van der Waals surface area contributed by atoms with Crippen LogP contribution in [-0.2, 0) is 6.54 Å². The number of hydrogen-bond donors (Lipinski definition) is 3. The topological polar surface area (TPSA) is 61.6 Å². The lowest BCUT2D eigenvalue weighted by Gasteiger charge is -2.19. The van der Waals surface area contributed by atoms with Gasteiger partial charge in [0.2, 0.25) is 0 Å². The van der Waals surface area contributed by atoms with Crippen molar-refractivity contribution in [3.05, 3.63) is 36.5 Å². The Bertz CT molecular complexity index is 712. The molecule has 0 radical (unpaired) electrons. The number of fused-ring (bicyclic) bond motifs is 1. The fourth-order valence-electron chi connectivity index (χ4n) is 3.08. The maximum absolute atomic E-state index is 10.4. The third kappa shape index (κ3) is 5.79. The molecule has 5 nitrogen and oxygen atoms in total. The first-order valence-electron chi connectivity index (χ1n) is 9.06. The second kappa shape index (κ2) is 10.4. The number of aryl methyl sites for hydroxylation is 1. The third-order valence-electron chi connectivity index (χ3n) is 4.51. The van der Waals surface area contributed by atoms with E-state index < -0.39 is 5.60 Å². The van der Waals surface area contributed by atoms with E-state index in [-0.39, 0.29) is 24.0 Å². The number of benzene rings is 1. The highest BCUT2D eigenvalue weighted by Gasteiger charge is 2.31. The fourth-order valence-corrected chi connectivity index (χ4v) is 4.37. The van der Waals surface area contributed by atoms with E-state index in [9.17, 15) is 5.11 Å². The Morgan fingerprint density at radius 1 is 1.31 bits per heavy atom. The molecule has 0 spiro atoms. The van der Waals surface area contributed by atoms with E-state index in [0.29, 0.717) is 6.54 Å². The second-order valence-corrected chi connectivity index (χ2v) is 7.68. The van der Waals surface area contributed by atoms with Crippen LogP contribution in [0.1, 0.15) is 19.8 Å². The van der Waals surface area contributed by atoms with Gasteiger partial charge in [-0.1, -0.05) is 18.2 Å². The summed E-state index contributed by atoms with van der Waals surface area (Å²) in [4.78, 5) is 4.58. The summed E-state index contributed by atoms with van der Waals surface area (Å²) in [5.41, 5.74) is 0.654. The Morgan fingerprint density at radius 2 is 2.15 bits per heavy atom. The zero-order chi connectivity index (χ0) is 17.5. The van der Waals surface area contributed by atoms with Crippen LogP contribution < -0.4 is 10.6 Å². The molecule has 144 valence electrons. The maximum atomic E-state index is 10.4. The van der Waals surface area contributed by atoms with Gasteiger partial charge >= 0.3 is 0 Å². The summed E-state index contributed by atoms with van der Waals surface area (Å²) < 4.78 is 2.29. The van der Waals surface area contributed by atoms with E-state index in [1.54, 1.807) is 11.8 Å². The average Bonchev–Trinajstić information content (AvgIpc) is 3.23. The number of nitrogens with zero attached hydrogens (tertiary/aromatic N) is 2. The average molecular weight is 488 g/mol. The van der Waals surface area contributed by atoms with Crippen molar-refractivity contribution in [2.24, 2.45) is 4.99 Å². The molecule has 1 aromatic heterocycles. The van der Waals surface area contributed by atoms with Crippen LogP contribution in [0.3, 0.4) is 0 Å². The van der Waals surface area contributed by atoms with Gasteiger partial charge in [-0.2, -0.15) is 11.8 Å². The van der Waals surface area contributed by atoms with Gasteiger partial charge in [0, 0.05) is 37.1 Å². The number of aliphatic hydroxyl groups is 1. The standard InChI is InChI=1S/C19H28N4OS.HI/c1-2-20-18(22-14-19(24)9-13-25-15-19)21-10-5-11-23-12-8-16-6-3-4-7-17(16)23;/h3-4,6-8,12,24H,2,5,9-11,13-15H2,1H3,(H2,20,21,22);1H. The van der Waals surface area contributed by atoms with Crippen LogP contribution in [0.15, 0.2) is 41.5 Å². The summed E-state index contributed by atoms with van der Waals surface area (Å²) in [6.07, 6.45) is 4.00. The Kier molecular flexibility index (Phi) is 8.56. The second-order valence-electron chi connectivity index (χ2n) is 6.57. The van der Waals surface area contributed by atoms with E-state index >= 15 is 0 Å². The van der Waals surface area contributed by atoms with Crippen molar-refractivity contribution < 1.29 is 5.11 Å². The molecule has 1 saturated heterocycles. The van der Waals surface area contributed by atoms with Gasteiger partial charge in [0.25, 0.3) is 0 Å². The molecular formula is C19H29IN4OS. The van der Waals surface area contributed by atoms with Crippen molar-refractivity contribution in [1.29, 1.82) is 0 Å². The smallest absolute Gasteiger partial charge is 0.191 e. The minimum Gasteiger partial charge on any atom is -0.387 e. The van der Waals surface area contributed by atoms with Crippen molar-refractivity contribution in [3.8, 4) is 0 Å². The summed E-state index contributed by atoms with van der Waals surface area (Å²) in [6.45, 7) is 5.17. The molecule has 1 atom stereocenters. The van der Waals surface area contributed by atoms with Crippen molar-refractivity contribution >= 4 is 52.6 Å². The lowest BCUT2D eigenvalue weighted by molar-refractivity contribution is 0.0778. The highest BCUT2D eigenvalue weighted by atomic mass is 127. The first-order chi connectivity index (χ1) is 12.2. The number of aromatic nitrogens is 1. The van der Waals surface area contributed by atoms with E-state index in [1.165, 1.54) is 10.9 Å². The van der Waals surface area contributed by atoms with E-state index in [2.05, 4.69) is 63.6 Å². The van der Waals surface area contributed by atoms with Crippen LogP contribution in [0.25, 0.3) is 10.9 Å². The summed E-state index contributed by atoms with van der Waals surface area (Å²) in [5.74, 6) is 2.61. The largest absolute Gasteiger partial charge is 0.387 e. The van der Waals surface area contributed by atoms with E-state index in [4.69, 9.17) is 0 Å². The van der Waals surface area contributed by atoms with Crippen LogP contribution in [0, 0.1) is 0 Å². The normalized spacial score (nSPS) is 20.2. The van der Waals surface area contributed by atoms with E-state index in [0.717, 1.165) is 49.9 Å². The molecule has 1 fully saturated rings. The van der Waals surface area contributed by atoms with Gasteiger partial charge in [0.05, 0.1) is 12.1 Å². The number of halogens is 1. The fraction of sp³-hybridized carbons (Fsp3) is 0.526. The zero-order valence-corrected chi connectivity index (χ0v) is 18.4. The molecule has 3 N–H and O–H groups in total. The zero-order valence-electron chi connectivity index (χ0n) is 15.3. The number of nitrogens with one attached hydrogen (secondary N) is 2. The highest BCUT2D eigenvalue weighted by molar-refractivity contribution is 14.0. The first kappa shape index (κ1) is 21.4. The predicted molar refractivity (Wildman–Crippen MR) is 123 cm³/mol. The van der Waals surface area contributed by atoms with Crippen molar-refractivity contribution in [1.82, 2.24) is 15.2 Å². The lowest BCUT2D eigenvalue weighted by Crippen LogP contribution is -2.40. The molecule has 0 bridgehead atoms. The van der Waals surface area contributed by atoms with Crippen molar-refractivity contribution in [3.63, 3.8) is 0 Å². The molecular weight excluding hydrogens is 459 g/mol. The molecule has 2 heterocycles. The van der Waals surface area contributed by atoms with Gasteiger partial charge in [-0.3, -0.25) is 4.99 Å². The van der Waals surface area contributed by atoms with Crippen LogP contribution in [0.5, 0.6) is 0 Å². The molecule has 2 aromatic rings. The Balaban J connectivity index is 0.00000243. The monoisotopic (exact) mass is 488 g/mol. The Labute approximate surface area is 177 Å². The van der Waals surface area contributed by atoms with Crippen LogP contribution in [0.4, 0.5) is 0 Å². The molecule has 0 saturated carbocycles. The lowest BCUT2D eigenvalue weighted by atomic mass is 10.1. The van der Waals surface area contributed by atoms with Crippen LogP contribution >= 0.6 is 35.7 Å². The Morgan fingerprint density at radius 3 is 2.92 bits per heavy atom.